The van der Waals surface area contributed by atoms with Gasteiger partial charge in [0.1, 0.15) is 0 Å². The molecule has 0 fully saturated rings. The molecule has 5 nitrogen and oxygen atoms in total. The Morgan fingerprint density at radius 3 is 2.58 bits per heavy atom. The van der Waals surface area contributed by atoms with Crippen LogP contribution < -0.4 is 10.6 Å². The minimum Gasteiger partial charge on any atom is -0.387 e. The van der Waals surface area contributed by atoms with Crippen molar-refractivity contribution in [2.75, 3.05) is 11.9 Å². The highest BCUT2D eigenvalue weighted by Crippen LogP contribution is 2.25. The second-order valence-corrected chi connectivity index (χ2v) is 6.00. The van der Waals surface area contributed by atoms with Crippen molar-refractivity contribution in [2.45, 2.75) is 13.0 Å². The van der Waals surface area contributed by atoms with E-state index in [9.17, 15) is 14.7 Å². The Bertz CT molecular complexity index is 765. The first-order chi connectivity index (χ1) is 11.4. The van der Waals surface area contributed by atoms with Crippen LogP contribution in [0, 0.1) is 0 Å². The number of halogens is 2. The van der Waals surface area contributed by atoms with Gasteiger partial charge in [0.15, 0.2) is 5.78 Å². The molecule has 0 radical (unpaired) electrons. The summed E-state index contributed by atoms with van der Waals surface area (Å²) in [4.78, 5) is 23.2. The summed E-state index contributed by atoms with van der Waals surface area (Å²) in [7, 11) is 0. The molecule has 7 heteroatoms. The van der Waals surface area contributed by atoms with Crippen molar-refractivity contribution in [3.05, 3.63) is 63.6 Å². The van der Waals surface area contributed by atoms with Gasteiger partial charge in [0.25, 0.3) is 0 Å². The second-order valence-electron chi connectivity index (χ2n) is 5.15. The minimum atomic E-state index is -0.968. The van der Waals surface area contributed by atoms with Crippen LogP contribution in [0.15, 0.2) is 42.5 Å². The summed E-state index contributed by atoms with van der Waals surface area (Å²) >= 11 is 11.8. The third kappa shape index (κ3) is 4.96. The van der Waals surface area contributed by atoms with Crippen LogP contribution in [-0.2, 0) is 0 Å². The van der Waals surface area contributed by atoms with Gasteiger partial charge in [-0.1, -0.05) is 41.4 Å². The zero-order valence-corrected chi connectivity index (χ0v) is 14.4. The van der Waals surface area contributed by atoms with Crippen LogP contribution in [0.3, 0.4) is 0 Å². The zero-order chi connectivity index (χ0) is 17.7. The highest BCUT2D eigenvalue weighted by atomic mass is 35.5. The van der Waals surface area contributed by atoms with E-state index < -0.39 is 12.1 Å². The number of aliphatic hydroxyl groups excluding tert-OH is 1. The third-order valence-corrected chi connectivity index (χ3v) is 3.87. The number of ketones is 1. The maximum atomic E-state index is 11.9. The average molecular weight is 367 g/mol. The van der Waals surface area contributed by atoms with Gasteiger partial charge in [-0.25, -0.2) is 4.79 Å². The summed E-state index contributed by atoms with van der Waals surface area (Å²) in [5.74, 6) is -0.0909. The largest absolute Gasteiger partial charge is 0.387 e. The van der Waals surface area contributed by atoms with Gasteiger partial charge in [-0.2, -0.15) is 0 Å². The Hall–Kier alpha value is -2.08. The zero-order valence-electron chi connectivity index (χ0n) is 12.8. The van der Waals surface area contributed by atoms with Crippen LogP contribution in [0.4, 0.5) is 10.5 Å². The normalized spacial score (nSPS) is 11.7. The van der Waals surface area contributed by atoms with Gasteiger partial charge >= 0.3 is 6.03 Å². The number of Topliss-reactive ketones (excluding diaryl/α,β-unsaturated/α-hetero) is 1. The van der Waals surface area contributed by atoms with Gasteiger partial charge in [0.05, 0.1) is 6.10 Å². The molecule has 1 atom stereocenters. The fourth-order valence-corrected chi connectivity index (χ4v) is 2.60. The summed E-state index contributed by atoms with van der Waals surface area (Å²) in [5.41, 5.74) is 1.46. The lowest BCUT2D eigenvalue weighted by molar-refractivity contribution is 0.101. The lowest BCUT2D eigenvalue weighted by Gasteiger charge is -2.14. The molecule has 2 aromatic carbocycles. The van der Waals surface area contributed by atoms with Gasteiger partial charge in [0, 0.05) is 33.4 Å². The first-order valence-electron chi connectivity index (χ1n) is 7.15. The topological polar surface area (TPSA) is 78.4 Å². The molecule has 2 aromatic rings. The molecule has 2 rings (SSSR count). The summed E-state index contributed by atoms with van der Waals surface area (Å²) in [6.07, 6.45) is -0.968. The van der Waals surface area contributed by atoms with E-state index in [0.717, 1.165) is 0 Å². The Labute approximate surface area is 149 Å². The molecular weight excluding hydrogens is 351 g/mol. The van der Waals surface area contributed by atoms with Crippen LogP contribution in [0.5, 0.6) is 0 Å². The number of hydrogen-bond acceptors (Lipinski definition) is 3. The standard InChI is InChI=1S/C17H16Cl2N2O3/c1-10(22)11-3-2-4-13(7-11)21-17(24)20-9-16(23)14-6-5-12(18)8-15(14)19/h2-8,16,23H,9H2,1H3,(H2,20,21,24). The molecule has 0 aromatic heterocycles. The molecule has 2 amide bonds. The van der Waals surface area contributed by atoms with E-state index in [2.05, 4.69) is 10.6 Å². The van der Waals surface area contributed by atoms with Crippen LogP contribution in [0.25, 0.3) is 0 Å². The minimum absolute atomic E-state index is 0.0282. The molecule has 1 unspecified atom stereocenters. The summed E-state index contributed by atoms with van der Waals surface area (Å²) in [6.45, 7) is 1.42. The average Bonchev–Trinajstić information content (AvgIpc) is 2.53. The Balaban J connectivity index is 1.93. The molecule has 126 valence electrons. The van der Waals surface area contributed by atoms with Crippen LogP contribution in [-0.4, -0.2) is 23.5 Å². The van der Waals surface area contributed by atoms with E-state index in [1.165, 1.54) is 13.0 Å². The number of carbonyl (C=O) groups is 2. The number of nitrogens with one attached hydrogen (secondary N) is 2. The smallest absolute Gasteiger partial charge is 0.319 e. The van der Waals surface area contributed by atoms with Gasteiger partial charge < -0.3 is 15.7 Å². The number of hydrogen-bond donors (Lipinski definition) is 3. The molecule has 24 heavy (non-hydrogen) atoms. The molecule has 0 heterocycles. The van der Waals surface area contributed by atoms with E-state index in [1.807, 2.05) is 0 Å². The predicted octanol–water partition coefficient (Wildman–Crippen LogP) is 4.05. The quantitative estimate of drug-likeness (QED) is 0.698. The summed E-state index contributed by atoms with van der Waals surface area (Å²) < 4.78 is 0. The molecule has 0 saturated carbocycles. The van der Waals surface area contributed by atoms with Crippen molar-refractivity contribution in [1.29, 1.82) is 0 Å². The molecule has 0 bridgehead atoms. The van der Waals surface area contributed by atoms with Gasteiger partial charge in [-0.15, -0.1) is 0 Å². The van der Waals surface area contributed by atoms with Crippen LogP contribution >= 0.6 is 23.2 Å². The molecule has 0 aliphatic carbocycles. The molecule has 0 saturated heterocycles. The van der Waals surface area contributed by atoms with Gasteiger partial charge in [0.2, 0.25) is 0 Å². The Morgan fingerprint density at radius 2 is 1.92 bits per heavy atom. The summed E-state index contributed by atoms with van der Waals surface area (Å²) in [5, 5.41) is 16.0. The fraction of sp³-hybridized carbons (Fsp3) is 0.176. The SMILES string of the molecule is CC(=O)c1cccc(NC(=O)NCC(O)c2ccc(Cl)cc2Cl)c1. The number of benzene rings is 2. The third-order valence-electron chi connectivity index (χ3n) is 3.30. The lowest BCUT2D eigenvalue weighted by atomic mass is 10.1. The maximum Gasteiger partial charge on any atom is 0.319 e. The first-order valence-corrected chi connectivity index (χ1v) is 7.91. The van der Waals surface area contributed by atoms with Crippen molar-refractivity contribution in [3.63, 3.8) is 0 Å². The van der Waals surface area contributed by atoms with Gasteiger partial charge in [-0.05, 0) is 31.2 Å². The second kappa shape index (κ2) is 8.15. The number of carbonyl (C=O) groups excluding carboxylic acids is 2. The molecule has 0 aliphatic heterocycles. The van der Waals surface area contributed by atoms with E-state index in [0.29, 0.717) is 26.9 Å². The van der Waals surface area contributed by atoms with E-state index in [-0.39, 0.29) is 12.3 Å². The predicted molar refractivity (Wildman–Crippen MR) is 94.9 cm³/mol. The van der Waals surface area contributed by atoms with E-state index in [1.54, 1.807) is 36.4 Å². The van der Waals surface area contributed by atoms with Crippen LogP contribution in [0.2, 0.25) is 10.0 Å². The molecule has 3 N–H and O–H groups in total. The van der Waals surface area contributed by atoms with Crippen molar-refractivity contribution >= 4 is 40.7 Å². The maximum absolute atomic E-state index is 11.9. The first kappa shape index (κ1) is 18.3. The fourth-order valence-electron chi connectivity index (χ4n) is 2.06. The van der Waals surface area contributed by atoms with Crippen LogP contribution in [0.1, 0.15) is 28.9 Å². The molecule has 0 aliphatic rings. The van der Waals surface area contributed by atoms with E-state index in [4.69, 9.17) is 23.2 Å². The summed E-state index contributed by atoms with van der Waals surface area (Å²) in [6, 6.07) is 10.8. The molecular formula is C17H16Cl2N2O3. The van der Waals surface area contributed by atoms with Crippen molar-refractivity contribution in [2.24, 2.45) is 0 Å². The number of rotatable bonds is 5. The van der Waals surface area contributed by atoms with Gasteiger partial charge in [-0.3, -0.25) is 4.79 Å². The lowest BCUT2D eigenvalue weighted by Crippen LogP contribution is -2.32. The number of aliphatic hydroxyl groups is 1. The monoisotopic (exact) mass is 366 g/mol. The number of amides is 2. The van der Waals surface area contributed by atoms with Crippen molar-refractivity contribution < 1.29 is 14.7 Å². The highest BCUT2D eigenvalue weighted by molar-refractivity contribution is 6.35. The molecule has 0 spiro atoms. The Kier molecular flexibility index (Phi) is 6.20. The Morgan fingerprint density at radius 1 is 1.17 bits per heavy atom. The van der Waals surface area contributed by atoms with E-state index >= 15 is 0 Å². The van der Waals surface area contributed by atoms with Crippen molar-refractivity contribution in [1.82, 2.24) is 5.32 Å². The number of anilines is 1. The van der Waals surface area contributed by atoms with Crippen molar-refractivity contribution in [3.8, 4) is 0 Å². The highest BCUT2D eigenvalue weighted by Gasteiger charge is 2.13. The number of urea groups is 1.